The van der Waals surface area contributed by atoms with Crippen molar-refractivity contribution in [2.45, 2.75) is 0 Å². The minimum absolute atomic E-state index is 0. The maximum absolute atomic E-state index is 8.36. The second kappa shape index (κ2) is 126. The van der Waals surface area contributed by atoms with Gasteiger partial charge in [0.1, 0.15) is 0 Å². The number of hydrogen-bond acceptors (Lipinski definition) is 10. The minimum atomic E-state index is -1.50. The predicted octanol–water partition coefficient (Wildman–Crippen LogP) is -15.5. The third kappa shape index (κ3) is 485. The fourth-order valence-corrected chi connectivity index (χ4v) is 0. The third-order valence-corrected chi connectivity index (χ3v) is 0. The van der Waals surface area contributed by atoms with E-state index in [1.54, 1.807) is 0 Å². The first kappa shape index (κ1) is 133. The van der Waals surface area contributed by atoms with Gasteiger partial charge in [0.05, 0.1) is 0 Å². The van der Waals surface area contributed by atoms with Gasteiger partial charge in [-0.1, -0.05) is 0 Å². The Hall–Kier alpha value is 14.9. The van der Waals surface area contributed by atoms with Crippen LogP contribution in [0.5, 0.6) is 0 Å². The van der Waals surface area contributed by atoms with Crippen molar-refractivity contribution in [1.82, 2.24) is 0 Å². The molecule has 180 valence electrons. The SMILES string of the molecule is O=[N+]([O-])O.O=[N+]([O-])O.O=[N+]([O-])O.O=[N+]([O-])O.O=[N+]([O-])O.[CaH2].[CaH2].[CaH2].[CaH2].[CaH2].[CaH2].[CaH2].[CaH2].[CaH2].[CaH2].[CaH2].[CaH2].[CaH2].[CaH2].[CaH2]. The van der Waals surface area contributed by atoms with Gasteiger partial charge < -0.3 is 26.0 Å². The Kier molecular flexibility index (Phi) is 479. The number of nitrogens with zero attached hydrogens (tertiary/aromatic N) is 5. The first-order valence-corrected chi connectivity index (χ1v) is 2.83. The topological polar surface area (TPSA) is 317 Å². The molecule has 0 aromatic heterocycles. The van der Waals surface area contributed by atoms with Gasteiger partial charge >= 0.3 is 566 Å². The van der Waals surface area contributed by atoms with Crippen LogP contribution in [0.1, 0.15) is 0 Å². The van der Waals surface area contributed by atoms with E-state index in [1.165, 1.54) is 0 Å². The average molecular weight is 946 g/mol. The second-order valence-electron chi connectivity index (χ2n) is 1.19. The van der Waals surface area contributed by atoms with Crippen molar-refractivity contribution in [2.24, 2.45) is 0 Å². The van der Waals surface area contributed by atoms with Crippen LogP contribution in [0.4, 0.5) is 0 Å². The van der Waals surface area contributed by atoms with Crippen molar-refractivity contribution in [2.75, 3.05) is 0 Å². The van der Waals surface area contributed by atoms with Gasteiger partial charge in [0.25, 0.3) is 25.4 Å². The van der Waals surface area contributed by atoms with Crippen LogP contribution in [0.15, 0.2) is 0 Å². The molecule has 0 atom stereocenters. The van der Waals surface area contributed by atoms with Gasteiger partial charge in [-0.15, -0.1) is 50.6 Å². The molecule has 35 heavy (non-hydrogen) atoms. The van der Waals surface area contributed by atoms with Crippen LogP contribution < -0.4 is 0 Å². The number of hydrogen-bond donors (Lipinski definition) is 5. The van der Waals surface area contributed by atoms with Crippen LogP contribution in [0, 0.1) is 50.6 Å². The van der Waals surface area contributed by atoms with E-state index in [0.29, 0.717) is 0 Å². The summed E-state index contributed by atoms with van der Waals surface area (Å²) in [6.45, 7) is 0. The van der Waals surface area contributed by atoms with Gasteiger partial charge in [-0.05, 0) is 0 Å². The van der Waals surface area contributed by atoms with E-state index in [4.69, 9.17) is 76.6 Å². The van der Waals surface area contributed by atoms with Crippen molar-refractivity contribution in [1.29, 1.82) is 0 Å². The molecule has 0 saturated heterocycles. The summed E-state index contributed by atoms with van der Waals surface area (Å²) in [6.07, 6.45) is 0. The molecule has 0 fully saturated rings. The molecule has 20 nitrogen and oxygen atoms in total. The van der Waals surface area contributed by atoms with Gasteiger partial charge in [0.15, 0.2) is 0 Å². The summed E-state index contributed by atoms with van der Waals surface area (Å²) in [6, 6.07) is 0. The Morgan fingerprint density at radius 3 is 0.257 bits per heavy atom. The summed E-state index contributed by atoms with van der Waals surface area (Å²) in [5, 5.41) is 68.2. The van der Waals surface area contributed by atoms with Crippen molar-refractivity contribution < 1.29 is 51.5 Å². The molecule has 0 rings (SSSR count). The molecule has 35 heteroatoms. The summed E-state index contributed by atoms with van der Waals surface area (Å²) in [5.74, 6) is 0. The Labute approximate surface area is 645 Å². The zero-order valence-corrected chi connectivity index (χ0v) is 8.55. The molecule has 0 aromatic carbocycles. The van der Waals surface area contributed by atoms with E-state index in [-0.39, 0.29) is 566 Å². The average Bonchev–Trinajstić information content (AvgIpc) is 1.94. The van der Waals surface area contributed by atoms with E-state index in [9.17, 15) is 0 Å². The van der Waals surface area contributed by atoms with Crippen LogP contribution in [-0.2, 0) is 0 Å². The fraction of sp³-hybridized carbons (Fsp3) is 0. The monoisotopic (exact) mass is 945 g/mol. The van der Waals surface area contributed by atoms with Crippen LogP contribution >= 0.6 is 0 Å². The van der Waals surface area contributed by atoms with Crippen molar-refractivity contribution in [3.63, 3.8) is 0 Å². The molecule has 0 spiro atoms. The molecule has 0 bridgehead atoms. The third-order valence-electron chi connectivity index (χ3n) is 0. The van der Waals surface area contributed by atoms with Crippen molar-refractivity contribution >= 4 is 566 Å². The van der Waals surface area contributed by atoms with E-state index >= 15 is 0 Å². The molecule has 0 amide bonds. The van der Waals surface area contributed by atoms with E-state index < -0.39 is 25.4 Å². The Balaban J connectivity index is -0.00000000403. The summed E-state index contributed by atoms with van der Waals surface area (Å²) in [5.41, 5.74) is 0. The molecule has 0 saturated carbocycles. The van der Waals surface area contributed by atoms with Gasteiger partial charge in [0, 0.05) is 0 Å². The van der Waals surface area contributed by atoms with Crippen LogP contribution in [-0.4, -0.2) is 618 Å². The predicted molar refractivity (Wildman–Crippen MR) is 172 cm³/mol. The fourth-order valence-electron chi connectivity index (χ4n) is 0. The van der Waals surface area contributed by atoms with E-state index in [1.807, 2.05) is 0 Å². The summed E-state index contributed by atoms with van der Waals surface area (Å²) >= 11 is 0. The second-order valence-corrected chi connectivity index (χ2v) is 1.19. The normalized spacial score (nSPS) is 3.43. The van der Waals surface area contributed by atoms with Crippen molar-refractivity contribution in [3.05, 3.63) is 50.6 Å². The van der Waals surface area contributed by atoms with Gasteiger partial charge in [-0.2, -0.15) is 0 Å². The Morgan fingerprint density at radius 1 is 0.257 bits per heavy atom. The first-order chi connectivity index (χ1) is 8.66. The molecule has 5 N–H and O–H groups in total. The van der Waals surface area contributed by atoms with Crippen molar-refractivity contribution in [3.8, 4) is 0 Å². The Morgan fingerprint density at radius 2 is 0.257 bits per heavy atom. The quantitative estimate of drug-likeness (QED) is 0.0856. The van der Waals surface area contributed by atoms with Gasteiger partial charge in [0.2, 0.25) is 0 Å². The first-order valence-electron chi connectivity index (χ1n) is 2.83. The zero-order valence-electron chi connectivity index (χ0n) is 8.55. The van der Waals surface area contributed by atoms with Crippen LogP contribution in [0.2, 0.25) is 0 Å². The molecule has 0 radical (unpaired) electrons. The van der Waals surface area contributed by atoms with E-state index in [2.05, 4.69) is 0 Å². The molecule has 0 aliphatic carbocycles. The molecule has 0 unspecified atom stereocenters. The summed E-state index contributed by atoms with van der Waals surface area (Å²) in [4.78, 5) is 41.8. The molecule has 0 aromatic rings. The molecule has 0 heterocycles. The van der Waals surface area contributed by atoms with Crippen LogP contribution in [0.25, 0.3) is 0 Å². The number of rotatable bonds is 0. The molecule has 0 aliphatic heterocycles. The zero-order chi connectivity index (χ0) is 17.9. The van der Waals surface area contributed by atoms with E-state index in [0.717, 1.165) is 0 Å². The summed E-state index contributed by atoms with van der Waals surface area (Å²) in [7, 11) is 0. The maximum atomic E-state index is 8.36. The Bertz CT molecular complexity index is 235. The molecule has 0 aliphatic rings. The standard InChI is InChI=1S/15Ca.5HNO3.30H/c;;;;;;;;;;;;;;;5*2-1(3)4;;;;;;;;;;;;;;;;;;;;;;;;;;;;;;/h;;;;;;;;;;;;;;;5*(H,2,3,4);;;;;;;;;;;;;;;;;;;;;;;;;;;;;;. The molecular weight excluding hydrogens is 911 g/mol. The molecular formula is H35Ca15N5O15. The van der Waals surface area contributed by atoms with Crippen LogP contribution in [0.3, 0.4) is 0 Å². The van der Waals surface area contributed by atoms with Gasteiger partial charge in [-0.3, -0.25) is 0 Å². The summed E-state index contributed by atoms with van der Waals surface area (Å²) < 4.78 is 0. The van der Waals surface area contributed by atoms with Gasteiger partial charge in [-0.25, -0.2) is 0 Å².